The van der Waals surface area contributed by atoms with Crippen LogP contribution in [0.1, 0.15) is 32.6 Å². The van der Waals surface area contributed by atoms with Crippen LogP contribution in [0.4, 0.5) is 8.78 Å². The molecule has 3 nitrogen and oxygen atoms in total. The molecule has 0 bridgehead atoms. The molecule has 0 saturated heterocycles. The van der Waals surface area contributed by atoms with E-state index in [1.54, 1.807) is 6.92 Å². The number of alkyl halides is 2. The Labute approximate surface area is 101 Å². The van der Waals surface area contributed by atoms with Gasteiger partial charge >= 0.3 is 0 Å². The van der Waals surface area contributed by atoms with Crippen molar-refractivity contribution in [3.05, 3.63) is 0 Å². The van der Waals surface area contributed by atoms with Crippen molar-refractivity contribution in [1.82, 2.24) is 10.2 Å². The molecule has 0 aromatic rings. The molecule has 5 heteroatoms. The van der Waals surface area contributed by atoms with E-state index in [1.807, 2.05) is 14.1 Å². The number of nitrogens with zero attached hydrogens (tertiary/aromatic N) is 1. The molecule has 0 heterocycles. The summed E-state index contributed by atoms with van der Waals surface area (Å²) in [6.45, 7) is 1.63. The standard InChI is InChI=1S/C12H20F2N2O/c1-11(6-12(13,14)7-11)10(17)15-8-4-9(5-8)16(2)3/h8-9H,4-7H2,1-3H3,(H,15,17). The Morgan fingerprint density at radius 2 is 1.82 bits per heavy atom. The third-order valence-corrected chi connectivity index (χ3v) is 4.02. The highest BCUT2D eigenvalue weighted by Crippen LogP contribution is 2.51. The third kappa shape index (κ3) is 2.44. The molecule has 2 fully saturated rings. The fraction of sp³-hybridized carbons (Fsp3) is 0.917. The van der Waals surface area contributed by atoms with Crippen LogP contribution in [0.25, 0.3) is 0 Å². The second-order valence-electron chi connectivity index (χ2n) is 6.03. The molecule has 17 heavy (non-hydrogen) atoms. The summed E-state index contributed by atoms with van der Waals surface area (Å²) in [6, 6.07) is 0.678. The molecule has 2 aliphatic carbocycles. The summed E-state index contributed by atoms with van der Waals surface area (Å²) in [6.07, 6.45) is 1.22. The van der Waals surface area contributed by atoms with E-state index in [2.05, 4.69) is 10.2 Å². The van der Waals surface area contributed by atoms with E-state index in [1.165, 1.54) is 0 Å². The van der Waals surface area contributed by atoms with Gasteiger partial charge < -0.3 is 10.2 Å². The van der Waals surface area contributed by atoms with Gasteiger partial charge in [0.2, 0.25) is 11.8 Å². The Balaban J connectivity index is 1.77. The SMILES string of the molecule is CN(C)C1CC(NC(=O)C2(C)CC(F)(F)C2)C1. The van der Waals surface area contributed by atoms with Gasteiger partial charge in [0, 0.05) is 24.9 Å². The van der Waals surface area contributed by atoms with E-state index in [4.69, 9.17) is 0 Å². The fourth-order valence-electron chi connectivity index (χ4n) is 2.74. The lowest BCUT2D eigenvalue weighted by molar-refractivity contribution is -0.175. The van der Waals surface area contributed by atoms with Crippen molar-refractivity contribution in [1.29, 1.82) is 0 Å². The molecule has 0 spiro atoms. The summed E-state index contributed by atoms with van der Waals surface area (Å²) in [5, 5.41) is 2.88. The van der Waals surface area contributed by atoms with Gasteiger partial charge in [0.1, 0.15) is 0 Å². The zero-order valence-electron chi connectivity index (χ0n) is 10.6. The van der Waals surface area contributed by atoms with E-state index in [0.717, 1.165) is 12.8 Å². The van der Waals surface area contributed by atoms with E-state index >= 15 is 0 Å². The second-order valence-corrected chi connectivity index (χ2v) is 6.03. The molecule has 0 aromatic heterocycles. The summed E-state index contributed by atoms with van der Waals surface area (Å²) >= 11 is 0. The van der Waals surface area contributed by atoms with Crippen LogP contribution in [-0.2, 0) is 4.79 Å². The third-order valence-electron chi connectivity index (χ3n) is 4.02. The Morgan fingerprint density at radius 3 is 2.24 bits per heavy atom. The molecular formula is C12H20F2N2O. The summed E-state index contributed by atoms with van der Waals surface area (Å²) in [5.74, 6) is -2.84. The molecule has 2 saturated carbocycles. The first kappa shape index (κ1) is 12.7. The van der Waals surface area contributed by atoms with E-state index in [-0.39, 0.29) is 24.8 Å². The van der Waals surface area contributed by atoms with Crippen LogP contribution < -0.4 is 5.32 Å². The first-order chi connectivity index (χ1) is 7.72. The Bertz CT molecular complexity index is 316. The van der Waals surface area contributed by atoms with Crippen LogP contribution in [0, 0.1) is 5.41 Å². The Kier molecular flexibility index (Phi) is 2.92. The zero-order chi connectivity index (χ0) is 12.8. The van der Waals surface area contributed by atoms with Crippen LogP contribution >= 0.6 is 0 Å². The van der Waals surface area contributed by atoms with Gasteiger partial charge in [0.25, 0.3) is 0 Å². The maximum atomic E-state index is 12.8. The summed E-state index contributed by atoms with van der Waals surface area (Å²) in [7, 11) is 4.02. The fourth-order valence-corrected chi connectivity index (χ4v) is 2.74. The van der Waals surface area contributed by atoms with Gasteiger partial charge in [0.05, 0.1) is 5.41 Å². The molecule has 2 rings (SSSR count). The zero-order valence-corrected chi connectivity index (χ0v) is 10.6. The van der Waals surface area contributed by atoms with Crippen molar-refractivity contribution in [3.8, 4) is 0 Å². The van der Waals surface area contributed by atoms with Gasteiger partial charge in [0.15, 0.2) is 0 Å². The van der Waals surface area contributed by atoms with Crippen molar-refractivity contribution < 1.29 is 13.6 Å². The number of hydrogen-bond donors (Lipinski definition) is 1. The van der Waals surface area contributed by atoms with Gasteiger partial charge in [-0.25, -0.2) is 8.78 Å². The number of carbonyl (C=O) groups is 1. The number of amides is 1. The number of carbonyl (C=O) groups excluding carboxylic acids is 1. The van der Waals surface area contributed by atoms with Crippen molar-refractivity contribution in [2.45, 2.75) is 50.6 Å². The Morgan fingerprint density at radius 1 is 1.29 bits per heavy atom. The lowest BCUT2D eigenvalue weighted by Gasteiger charge is -2.46. The number of rotatable bonds is 3. The monoisotopic (exact) mass is 246 g/mol. The smallest absolute Gasteiger partial charge is 0.250 e. The molecule has 98 valence electrons. The Hall–Kier alpha value is -0.710. The van der Waals surface area contributed by atoms with Crippen LogP contribution in [0.3, 0.4) is 0 Å². The van der Waals surface area contributed by atoms with Crippen molar-refractivity contribution in [3.63, 3.8) is 0 Å². The molecule has 0 aliphatic heterocycles. The van der Waals surface area contributed by atoms with E-state index in [9.17, 15) is 13.6 Å². The normalized spacial score (nSPS) is 33.8. The van der Waals surface area contributed by atoms with Crippen molar-refractivity contribution in [2.75, 3.05) is 14.1 Å². The highest BCUT2D eigenvalue weighted by atomic mass is 19.3. The predicted molar refractivity (Wildman–Crippen MR) is 60.9 cm³/mol. The molecule has 1 amide bonds. The van der Waals surface area contributed by atoms with Gasteiger partial charge in [-0.3, -0.25) is 4.79 Å². The van der Waals surface area contributed by atoms with Gasteiger partial charge in [-0.2, -0.15) is 0 Å². The van der Waals surface area contributed by atoms with Crippen LogP contribution in [-0.4, -0.2) is 42.9 Å². The quantitative estimate of drug-likeness (QED) is 0.821. The second kappa shape index (κ2) is 3.90. The minimum Gasteiger partial charge on any atom is -0.353 e. The highest BCUT2D eigenvalue weighted by Gasteiger charge is 2.58. The lowest BCUT2D eigenvalue weighted by Crippen LogP contribution is -2.59. The van der Waals surface area contributed by atoms with Crippen LogP contribution in [0.5, 0.6) is 0 Å². The summed E-state index contributed by atoms with van der Waals surface area (Å²) in [5.41, 5.74) is -0.854. The summed E-state index contributed by atoms with van der Waals surface area (Å²) in [4.78, 5) is 14.0. The van der Waals surface area contributed by atoms with E-state index in [0.29, 0.717) is 6.04 Å². The molecule has 0 aromatic carbocycles. The van der Waals surface area contributed by atoms with Gasteiger partial charge in [-0.15, -0.1) is 0 Å². The molecule has 2 aliphatic rings. The predicted octanol–water partition coefficient (Wildman–Crippen LogP) is 1.63. The minimum atomic E-state index is -2.64. The average Bonchev–Trinajstić information content (AvgIpc) is 2.05. The molecule has 0 radical (unpaired) electrons. The first-order valence-corrected chi connectivity index (χ1v) is 6.07. The van der Waals surface area contributed by atoms with Crippen molar-refractivity contribution >= 4 is 5.91 Å². The number of nitrogens with one attached hydrogen (secondary N) is 1. The maximum absolute atomic E-state index is 12.8. The molecule has 1 N–H and O–H groups in total. The largest absolute Gasteiger partial charge is 0.353 e. The highest BCUT2D eigenvalue weighted by molar-refractivity contribution is 5.84. The minimum absolute atomic E-state index is 0.168. The van der Waals surface area contributed by atoms with Crippen LogP contribution in [0.2, 0.25) is 0 Å². The molecular weight excluding hydrogens is 226 g/mol. The number of hydrogen-bond acceptors (Lipinski definition) is 2. The van der Waals surface area contributed by atoms with E-state index < -0.39 is 11.3 Å². The summed E-state index contributed by atoms with van der Waals surface area (Å²) < 4.78 is 25.6. The first-order valence-electron chi connectivity index (χ1n) is 6.07. The topological polar surface area (TPSA) is 32.3 Å². The average molecular weight is 246 g/mol. The van der Waals surface area contributed by atoms with Gasteiger partial charge in [-0.1, -0.05) is 6.92 Å². The lowest BCUT2D eigenvalue weighted by atomic mass is 9.66. The molecule has 0 unspecified atom stereocenters. The molecule has 0 atom stereocenters. The maximum Gasteiger partial charge on any atom is 0.250 e. The van der Waals surface area contributed by atoms with Crippen LogP contribution in [0.15, 0.2) is 0 Å². The number of halogens is 2. The van der Waals surface area contributed by atoms with Crippen molar-refractivity contribution in [2.24, 2.45) is 5.41 Å². The van der Waals surface area contributed by atoms with Gasteiger partial charge in [-0.05, 0) is 26.9 Å².